The van der Waals surface area contributed by atoms with E-state index in [0.29, 0.717) is 5.92 Å². The maximum Gasteiger partial charge on any atom is 0.200 e. The van der Waals surface area contributed by atoms with E-state index in [2.05, 4.69) is 31.7 Å². The van der Waals surface area contributed by atoms with E-state index in [9.17, 15) is 8.78 Å². The van der Waals surface area contributed by atoms with Crippen molar-refractivity contribution in [3.8, 4) is 0 Å². The molecular weight excluding hydrogens is 234 g/mol. The van der Waals surface area contributed by atoms with Gasteiger partial charge in [-0.25, -0.2) is 4.39 Å². The molecule has 0 aliphatic rings. The Hall–Kier alpha value is -1.12. The minimum atomic E-state index is -1.06. The van der Waals surface area contributed by atoms with Crippen molar-refractivity contribution in [3.63, 3.8) is 0 Å². The van der Waals surface area contributed by atoms with Crippen LogP contribution in [0.3, 0.4) is 0 Å². The number of hydrogen-bond acceptors (Lipinski definition) is 1. The Morgan fingerprint density at radius 2 is 1.67 bits per heavy atom. The molecule has 2 unspecified atom stereocenters. The molecule has 0 rings (SSSR count). The highest BCUT2D eigenvalue weighted by molar-refractivity contribution is 5.33. The summed E-state index contributed by atoms with van der Waals surface area (Å²) in [5.41, 5.74) is 0.175. The van der Waals surface area contributed by atoms with E-state index in [0.717, 1.165) is 19.3 Å². The predicted octanol–water partition coefficient (Wildman–Crippen LogP) is 5.32. The molecule has 0 saturated heterocycles. The molecule has 0 bridgehead atoms. The largest absolute Gasteiger partial charge is 0.494 e. The first-order chi connectivity index (χ1) is 8.34. The van der Waals surface area contributed by atoms with Gasteiger partial charge in [0.15, 0.2) is 11.7 Å². The molecule has 0 heterocycles. The molecule has 0 amide bonds. The van der Waals surface area contributed by atoms with E-state index in [1.807, 2.05) is 6.92 Å². The molecule has 0 aromatic heterocycles. The topological polar surface area (TPSA) is 9.23 Å². The first-order valence-electron chi connectivity index (χ1n) is 6.32. The normalized spacial score (nSPS) is 15.7. The van der Waals surface area contributed by atoms with Gasteiger partial charge in [-0.05, 0) is 23.8 Å². The van der Waals surface area contributed by atoms with Crippen LogP contribution in [-0.2, 0) is 4.74 Å². The molecule has 18 heavy (non-hydrogen) atoms. The minimum Gasteiger partial charge on any atom is -0.494 e. The second kappa shape index (κ2) is 8.06. The number of halogens is 2. The number of allylic oxidation sites excluding steroid dienone is 3. The second-order valence-electron chi connectivity index (χ2n) is 4.77. The summed E-state index contributed by atoms with van der Waals surface area (Å²) in [4.78, 5) is 0. The van der Waals surface area contributed by atoms with Gasteiger partial charge in [0.2, 0.25) is 0 Å². The zero-order chi connectivity index (χ0) is 14.3. The smallest absolute Gasteiger partial charge is 0.200 e. The van der Waals surface area contributed by atoms with E-state index < -0.39 is 11.7 Å². The van der Waals surface area contributed by atoms with Crippen molar-refractivity contribution >= 4 is 0 Å². The zero-order valence-electron chi connectivity index (χ0n) is 11.9. The van der Waals surface area contributed by atoms with E-state index in [1.54, 1.807) is 0 Å². The van der Waals surface area contributed by atoms with Gasteiger partial charge in [0.05, 0.1) is 7.11 Å². The number of methoxy groups -OCH3 is 1. The van der Waals surface area contributed by atoms with Crippen LogP contribution >= 0.6 is 0 Å². The standard InChI is InChI=1S/C15H24F2O/c1-7-10(2)8-9-11(3)12(4)14(16)15(17)13(5)18-6/h10-11H,4-5,7-9H2,1-3,6H3/b15-14-. The van der Waals surface area contributed by atoms with E-state index >= 15 is 0 Å². The summed E-state index contributed by atoms with van der Waals surface area (Å²) in [5.74, 6) is -1.81. The van der Waals surface area contributed by atoms with Crippen LogP contribution in [0.1, 0.15) is 40.0 Å². The summed E-state index contributed by atoms with van der Waals surface area (Å²) in [6.45, 7) is 13.0. The van der Waals surface area contributed by atoms with Crippen molar-refractivity contribution in [1.82, 2.24) is 0 Å². The SMILES string of the molecule is C=C(OC)/C(F)=C(/F)C(=C)C(C)CCC(C)CC. The van der Waals surface area contributed by atoms with Gasteiger partial charge < -0.3 is 4.74 Å². The Morgan fingerprint density at radius 3 is 2.11 bits per heavy atom. The van der Waals surface area contributed by atoms with Gasteiger partial charge in [-0.15, -0.1) is 0 Å². The lowest BCUT2D eigenvalue weighted by atomic mass is 9.91. The van der Waals surface area contributed by atoms with E-state index in [4.69, 9.17) is 0 Å². The molecule has 0 aromatic carbocycles. The van der Waals surface area contributed by atoms with Crippen LogP contribution in [-0.4, -0.2) is 7.11 Å². The van der Waals surface area contributed by atoms with Crippen LogP contribution in [0.15, 0.2) is 36.1 Å². The molecule has 1 nitrogen and oxygen atoms in total. The lowest BCUT2D eigenvalue weighted by Crippen LogP contribution is -2.04. The molecule has 0 saturated carbocycles. The van der Waals surface area contributed by atoms with Crippen LogP contribution in [0.2, 0.25) is 0 Å². The number of rotatable bonds is 8. The fourth-order valence-electron chi connectivity index (χ4n) is 1.48. The second-order valence-corrected chi connectivity index (χ2v) is 4.77. The van der Waals surface area contributed by atoms with Gasteiger partial charge in [0.25, 0.3) is 0 Å². The Balaban J connectivity index is 4.59. The molecular formula is C15H24F2O. The molecule has 0 aliphatic carbocycles. The third kappa shape index (κ3) is 5.03. The maximum atomic E-state index is 13.7. The molecule has 0 N–H and O–H groups in total. The first-order valence-corrected chi connectivity index (χ1v) is 6.32. The lowest BCUT2D eigenvalue weighted by Gasteiger charge is -2.16. The molecule has 104 valence electrons. The Bertz CT molecular complexity index is 331. The highest BCUT2D eigenvalue weighted by atomic mass is 19.2. The van der Waals surface area contributed by atoms with Crippen LogP contribution in [0.4, 0.5) is 8.78 Å². The van der Waals surface area contributed by atoms with Gasteiger partial charge in [-0.1, -0.05) is 46.8 Å². The summed E-state index contributed by atoms with van der Waals surface area (Å²) >= 11 is 0. The van der Waals surface area contributed by atoms with Crippen molar-refractivity contribution < 1.29 is 13.5 Å². The monoisotopic (exact) mass is 258 g/mol. The van der Waals surface area contributed by atoms with Gasteiger partial charge in [0, 0.05) is 0 Å². The fraction of sp³-hybridized carbons (Fsp3) is 0.600. The maximum absolute atomic E-state index is 13.7. The Labute approximate surface area is 109 Å². The van der Waals surface area contributed by atoms with Gasteiger partial charge in [0.1, 0.15) is 5.76 Å². The van der Waals surface area contributed by atoms with Crippen LogP contribution in [0.25, 0.3) is 0 Å². The van der Waals surface area contributed by atoms with Gasteiger partial charge >= 0.3 is 0 Å². The van der Waals surface area contributed by atoms with Gasteiger partial charge in [-0.3, -0.25) is 0 Å². The van der Waals surface area contributed by atoms with Crippen molar-refractivity contribution in [2.75, 3.05) is 7.11 Å². The van der Waals surface area contributed by atoms with Crippen molar-refractivity contribution in [2.45, 2.75) is 40.0 Å². The third-order valence-electron chi connectivity index (χ3n) is 3.35. The number of ether oxygens (including phenoxy) is 1. The van der Waals surface area contributed by atoms with Crippen LogP contribution in [0, 0.1) is 11.8 Å². The number of hydrogen-bond donors (Lipinski definition) is 0. The van der Waals surface area contributed by atoms with E-state index in [1.165, 1.54) is 7.11 Å². The molecule has 3 heteroatoms. The minimum absolute atomic E-state index is 0.0885. The first kappa shape index (κ1) is 16.9. The Morgan fingerprint density at radius 1 is 1.11 bits per heavy atom. The molecule has 0 radical (unpaired) electrons. The predicted molar refractivity (Wildman–Crippen MR) is 72.4 cm³/mol. The molecule has 2 atom stereocenters. The summed E-state index contributed by atoms with van der Waals surface area (Å²) < 4.78 is 31.8. The average molecular weight is 258 g/mol. The van der Waals surface area contributed by atoms with Crippen molar-refractivity contribution in [3.05, 3.63) is 36.1 Å². The average Bonchev–Trinajstić information content (AvgIpc) is 2.40. The van der Waals surface area contributed by atoms with Crippen LogP contribution < -0.4 is 0 Å². The Kier molecular flexibility index (Phi) is 7.56. The van der Waals surface area contributed by atoms with Crippen LogP contribution in [0.5, 0.6) is 0 Å². The summed E-state index contributed by atoms with van der Waals surface area (Å²) in [5, 5.41) is 0. The molecule has 0 aromatic rings. The quantitative estimate of drug-likeness (QED) is 0.423. The highest BCUT2D eigenvalue weighted by Crippen LogP contribution is 2.30. The van der Waals surface area contributed by atoms with Crippen molar-refractivity contribution in [2.24, 2.45) is 11.8 Å². The zero-order valence-corrected chi connectivity index (χ0v) is 11.9. The lowest BCUT2D eigenvalue weighted by molar-refractivity contribution is 0.280. The summed E-state index contributed by atoms with van der Waals surface area (Å²) in [6.07, 6.45) is 2.87. The molecule has 0 fully saturated rings. The van der Waals surface area contributed by atoms with E-state index in [-0.39, 0.29) is 17.3 Å². The van der Waals surface area contributed by atoms with Gasteiger partial charge in [-0.2, -0.15) is 4.39 Å². The summed E-state index contributed by atoms with van der Waals surface area (Å²) in [6, 6.07) is 0. The third-order valence-corrected chi connectivity index (χ3v) is 3.35. The fourth-order valence-corrected chi connectivity index (χ4v) is 1.48. The van der Waals surface area contributed by atoms with Crippen molar-refractivity contribution in [1.29, 1.82) is 0 Å². The summed E-state index contributed by atoms with van der Waals surface area (Å²) in [7, 11) is 1.25. The molecule has 0 spiro atoms. The highest BCUT2D eigenvalue weighted by Gasteiger charge is 2.18. The molecule has 0 aliphatic heterocycles.